The van der Waals surface area contributed by atoms with E-state index in [2.05, 4.69) is 11.9 Å². The largest absolute Gasteiger partial charge is 0.497 e. The molecule has 142 valence electrons. The number of carbonyl (C=O) groups excluding carboxylic acids is 1. The van der Waals surface area contributed by atoms with Crippen LogP contribution in [0.15, 0.2) is 60.7 Å². The summed E-state index contributed by atoms with van der Waals surface area (Å²) in [7, 11) is 1.51. The summed E-state index contributed by atoms with van der Waals surface area (Å²) in [4.78, 5) is 22.7. The van der Waals surface area contributed by atoms with Crippen LogP contribution in [0.2, 0.25) is 0 Å². The number of anilines is 1. The van der Waals surface area contributed by atoms with Crippen molar-refractivity contribution in [2.24, 2.45) is 0 Å². The van der Waals surface area contributed by atoms with E-state index in [0.717, 1.165) is 0 Å². The highest BCUT2D eigenvalue weighted by Crippen LogP contribution is 2.27. The lowest BCUT2D eigenvalue weighted by Crippen LogP contribution is -2.13. The minimum absolute atomic E-state index is 0.171. The fourth-order valence-corrected chi connectivity index (χ4v) is 2.23. The van der Waals surface area contributed by atoms with Gasteiger partial charge >= 0.3 is 0 Å². The first-order chi connectivity index (χ1) is 13.5. The van der Waals surface area contributed by atoms with Crippen molar-refractivity contribution in [2.75, 3.05) is 19.0 Å². The minimum atomic E-state index is -0.700. The van der Waals surface area contributed by atoms with Crippen molar-refractivity contribution in [1.29, 1.82) is 5.26 Å². The van der Waals surface area contributed by atoms with Gasteiger partial charge in [0.05, 0.1) is 12.0 Å². The highest BCUT2D eigenvalue weighted by Gasteiger charge is 2.14. The number of carbonyl (C=O) groups is 1. The van der Waals surface area contributed by atoms with Crippen LogP contribution in [0.5, 0.6) is 11.5 Å². The lowest BCUT2D eigenvalue weighted by molar-refractivity contribution is -0.384. The third kappa shape index (κ3) is 5.19. The number of amides is 1. The van der Waals surface area contributed by atoms with E-state index in [1.54, 1.807) is 24.3 Å². The molecule has 0 aliphatic heterocycles. The van der Waals surface area contributed by atoms with Crippen LogP contribution in [0.3, 0.4) is 0 Å². The monoisotopic (exact) mass is 379 g/mol. The number of rotatable bonds is 8. The Morgan fingerprint density at radius 1 is 1.36 bits per heavy atom. The zero-order valence-electron chi connectivity index (χ0n) is 15.0. The molecule has 8 nitrogen and oxygen atoms in total. The Labute approximate surface area is 161 Å². The second-order valence-electron chi connectivity index (χ2n) is 5.43. The lowest BCUT2D eigenvalue weighted by atomic mass is 10.1. The highest BCUT2D eigenvalue weighted by molar-refractivity contribution is 6.09. The maximum absolute atomic E-state index is 12.4. The van der Waals surface area contributed by atoms with Crippen LogP contribution in [0.1, 0.15) is 5.56 Å². The summed E-state index contributed by atoms with van der Waals surface area (Å²) in [5.41, 5.74) is 0.335. The molecule has 0 aliphatic rings. The molecule has 8 heteroatoms. The fraction of sp³-hybridized carbons (Fsp3) is 0.100. The molecule has 2 aromatic rings. The molecule has 0 atom stereocenters. The van der Waals surface area contributed by atoms with Gasteiger partial charge < -0.3 is 14.8 Å². The van der Waals surface area contributed by atoms with Crippen LogP contribution in [0.25, 0.3) is 6.08 Å². The van der Waals surface area contributed by atoms with Gasteiger partial charge in [-0.1, -0.05) is 18.7 Å². The fourth-order valence-electron chi connectivity index (χ4n) is 2.23. The van der Waals surface area contributed by atoms with Crippen molar-refractivity contribution in [3.8, 4) is 17.6 Å². The number of nitro groups is 1. The molecule has 0 heterocycles. The summed E-state index contributed by atoms with van der Waals surface area (Å²) in [6.07, 6.45) is 2.93. The van der Waals surface area contributed by atoms with Gasteiger partial charge in [-0.3, -0.25) is 14.9 Å². The van der Waals surface area contributed by atoms with Crippen LogP contribution >= 0.6 is 0 Å². The second-order valence-corrected chi connectivity index (χ2v) is 5.43. The first-order valence-electron chi connectivity index (χ1n) is 8.07. The molecular formula is C20H17N3O5. The zero-order chi connectivity index (χ0) is 20.5. The predicted octanol–water partition coefficient (Wildman–Crippen LogP) is 3.71. The van der Waals surface area contributed by atoms with Gasteiger partial charge in [-0.2, -0.15) is 5.26 Å². The van der Waals surface area contributed by atoms with Crippen molar-refractivity contribution in [2.45, 2.75) is 0 Å². The van der Waals surface area contributed by atoms with E-state index in [1.165, 1.54) is 37.5 Å². The van der Waals surface area contributed by atoms with Crippen molar-refractivity contribution in [1.82, 2.24) is 0 Å². The van der Waals surface area contributed by atoms with E-state index in [0.29, 0.717) is 17.1 Å². The quantitative estimate of drug-likeness (QED) is 0.246. The molecule has 0 spiro atoms. The van der Waals surface area contributed by atoms with E-state index in [4.69, 9.17) is 9.47 Å². The molecule has 2 aromatic carbocycles. The van der Waals surface area contributed by atoms with Crippen LogP contribution < -0.4 is 14.8 Å². The van der Waals surface area contributed by atoms with E-state index in [1.807, 2.05) is 6.07 Å². The van der Waals surface area contributed by atoms with Gasteiger partial charge in [-0.15, -0.1) is 0 Å². The normalized spacial score (nSPS) is 10.5. The molecule has 0 radical (unpaired) electrons. The van der Waals surface area contributed by atoms with Gasteiger partial charge in [-0.25, -0.2) is 0 Å². The second kappa shape index (κ2) is 9.54. The number of non-ortho nitro benzene ring substituents is 1. The number of nitrogens with zero attached hydrogens (tertiary/aromatic N) is 2. The molecule has 0 aliphatic carbocycles. The number of ether oxygens (including phenoxy) is 2. The first-order valence-corrected chi connectivity index (χ1v) is 8.07. The number of nitriles is 1. The van der Waals surface area contributed by atoms with Gasteiger partial charge in [0, 0.05) is 29.4 Å². The number of hydrogen-bond acceptors (Lipinski definition) is 6. The van der Waals surface area contributed by atoms with Crippen LogP contribution in [-0.2, 0) is 4.79 Å². The molecule has 28 heavy (non-hydrogen) atoms. The third-order valence-corrected chi connectivity index (χ3v) is 3.56. The van der Waals surface area contributed by atoms with E-state index in [-0.39, 0.29) is 23.6 Å². The van der Waals surface area contributed by atoms with Crippen LogP contribution in [0, 0.1) is 21.4 Å². The molecule has 1 N–H and O–H groups in total. The summed E-state index contributed by atoms with van der Waals surface area (Å²) in [5.74, 6) is 0.263. The molecule has 0 aromatic heterocycles. The molecule has 0 saturated carbocycles. The summed E-state index contributed by atoms with van der Waals surface area (Å²) in [5, 5.41) is 22.7. The first kappa shape index (κ1) is 20.2. The smallest absolute Gasteiger partial charge is 0.271 e. The van der Waals surface area contributed by atoms with Crippen molar-refractivity contribution in [3.05, 3.63) is 76.4 Å². The Kier molecular flexibility index (Phi) is 6.88. The number of nitro benzene ring substituents is 1. The van der Waals surface area contributed by atoms with Crippen molar-refractivity contribution in [3.63, 3.8) is 0 Å². The van der Waals surface area contributed by atoms with Crippen molar-refractivity contribution >= 4 is 23.4 Å². The number of benzene rings is 2. The third-order valence-electron chi connectivity index (χ3n) is 3.56. The van der Waals surface area contributed by atoms with Gasteiger partial charge in [0.25, 0.3) is 11.6 Å². The van der Waals surface area contributed by atoms with Gasteiger partial charge in [0.2, 0.25) is 0 Å². The maximum Gasteiger partial charge on any atom is 0.271 e. The number of nitrogens with one attached hydrogen (secondary N) is 1. The average Bonchev–Trinajstić information content (AvgIpc) is 2.70. The predicted molar refractivity (Wildman–Crippen MR) is 104 cm³/mol. The molecular weight excluding hydrogens is 362 g/mol. The molecule has 0 fully saturated rings. The number of hydrogen-bond donors (Lipinski definition) is 1. The highest BCUT2D eigenvalue weighted by atomic mass is 16.6. The Morgan fingerprint density at radius 3 is 2.79 bits per heavy atom. The standard InChI is InChI=1S/C20H17N3O5/c1-3-9-28-19-12-18(27-2)8-7-14(19)10-15(13-21)20(24)22-16-5-4-6-17(11-16)23(25)26/h3-8,10-12H,1,9H2,2H3,(H,22,24)/b15-10+. The zero-order valence-corrected chi connectivity index (χ0v) is 15.0. The number of methoxy groups -OCH3 is 1. The topological polar surface area (TPSA) is 114 Å². The molecule has 0 unspecified atom stereocenters. The summed E-state index contributed by atoms with van der Waals surface area (Å²) in [6, 6.07) is 12.2. The van der Waals surface area contributed by atoms with Crippen LogP contribution in [0.4, 0.5) is 11.4 Å². The van der Waals surface area contributed by atoms with Gasteiger partial charge in [-0.05, 0) is 24.3 Å². The Hall–Kier alpha value is -4.12. The van der Waals surface area contributed by atoms with Crippen LogP contribution in [-0.4, -0.2) is 24.5 Å². The van der Waals surface area contributed by atoms with E-state index < -0.39 is 10.8 Å². The average molecular weight is 379 g/mol. The van der Waals surface area contributed by atoms with Gasteiger partial charge in [0.15, 0.2) is 0 Å². The molecule has 1 amide bonds. The Bertz CT molecular complexity index is 976. The van der Waals surface area contributed by atoms with E-state index in [9.17, 15) is 20.2 Å². The Morgan fingerprint density at radius 2 is 2.14 bits per heavy atom. The summed E-state index contributed by atoms with van der Waals surface area (Å²) >= 11 is 0. The molecule has 0 saturated heterocycles. The summed E-state index contributed by atoms with van der Waals surface area (Å²) < 4.78 is 10.7. The Balaban J connectivity index is 2.31. The maximum atomic E-state index is 12.4. The lowest BCUT2D eigenvalue weighted by Gasteiger charge is -2.10. The molecule has 0 bridgehead atoms. The van der Waals surface area contributed by atoms with E-state index >= 15 is 0 Å². The van der Waals surface area contributed by atoms with Gasteiger partial charge in [0.1, 0.15) is 29.7 Å². The minimum Gasteiger partial charge on any atom is -0.497 e. The summed E-state index contributed by atoms with van der Waals surface area (Å²) in [6.45, 7) is 3.82. The SMILES string of the molecule is C=CCOc1cc(OC)ccc1/C=C(\C#N)C(=O)Nc1cccc([N+](=O)[O-])c1. The van der Waals surface area contributed by atoms with Crippen molar-refractivity contribution < 1.29 is 19.2 Å². The molecule has 2 rings (SSSR count).